The molecule has 0 atom stereocenters. The van der Waals surface area contributed by atoms with Gasteiger partial charge in [0.15, 0.2) is 0 Å². The van der Waals surface area contributed by atoms with E-state index in [1.165, 1.54) is 19.2 Å². The van der Waals surface area contributed by atoms with Crippen LogP contribution < -0.4 is 4.74 Å². The lowest BCUT2D eigenvalue weighted by atomic mass is 10.2. The molecule has 0 saturated carbocycles. The number of amides is 2. The van der Waals surface area contributed by atoms with Crippen LogP contribution in [-0.2, 0) is 16.1 Å². The van der Waals surface area contributed by atoms with Crippen LogP contribution in [0.3, 0.4) is 0 Å². The molecule has 0 unspecified atom stereocenters. The molecule has 2 aromatic rings. The van der Waals surface area contributed by atoms with Crippen LogP contribution in [0, 0.1) is 5.92 Å². The summed E-state index contributed by atoms with van der Waals surface area (Å²) in [7, 11) is 1.24. The first-order valence-corrected chi connectivity index (χ1v) is 9.84. The fourth-order valence-electron chi connectivity index (χ4n) is 2.54. The van der Waals surface area contributed by atoms with Crippen molar-refractivity contribution in [2.24, 2.45) is 5.92 Å². The van der Waals surface area contributed by atoms with Gasteiger partial charge in [0.25, 0.3) is 11.1 Å². The summed E-state index contributed by atoms with van der Waals surface area (Å²) in [4.78, 5) is 37.8. The lowest BCUT2D eigenvalue weighted by Gasteiger charge is -2.10. The Morgan fingerprint density at radius 3 is 2.55 bits per heavy atom. The molecule has 152 valence electrons. The van der Waals surface area contributed by atoms with Crippen LogP contribution in [0.4, 0.5) is 4.79 Å². The largest absolute Gasteiger partial charge is 0.493 e. The number of rotatable bonds is 7. The third-order valence-corrected chi connectivity index (χ3v) is 4.90. The van der Waals surface area contributed by atoms with E-state index in [0.717, 1.165) is 28.0 Å². The molecule has 0 aliphatic carbocycles. The smallest absolute Gasteiger partial charge is 0.373 e. The summed E-state index contributed by atoms with van der Waals surface area (Å²) in [6.45, 7) is 4.72. The van der Waals surface area contributed by atoms with E-state index in [2.05, 4.69) is 18.6 Å². The van der Waals surface area contributed by atoms with Crippen molar-refractivity contribution < 1.29 is 28.3 Å². The second-order valence-corrected chi connectivity index (χ2v) is 7.79. The molecule has 7 nitrogen and oxygen atoms in total. The third kappa shape index (κ3) is 5.08. The summed E-state index contributed by atoms with van der Waals surface area (Å²) >= 11 is 0.866. The number of carbonyl (C=O) groups is 3. The van der Waals surface area contributed by atoms with Crippen LogP contribution in [0.15, 0.2) is 45.7 Å². The second-order valence-electron chi connectivity index (χ2n) is 6.80. The highest BCUT2D eigenvalue weighted by atomic mass is 32.2. The van der Waals surface area contributed by atoms with E-state index < -0.39 is 17.1 Å². The minimum absolute atomic E-state index is 0.0183. The molecule has 0 radical (unpaired) electrons. The van der Waals surface area contributed by atoms with Crippen LogP contribution in [0.1, 0.15) is 35.7 Å². The highest BCUT2D eigenvalue weighted by Gasteiger charge is 2.35. The Labute approximate surface area is 172 Å². The van der Waals surface area contributed by atoms with Crippen LogP contribution >= 0.6 is 11.8 Å². The minimum Gasteiger partial charge on any atom is -0.493 e. The SMILES string of the molecule is COC(=O)c1ccc(CN2C(=O)S/C(=C/c3ccc(OCC(C)C)cc3)C2=O)o1. The van der Waals surface area contributed by atoms with Crippen molar-refractivity contribution in [1.82, 2.24) is 4.90 Å². The van der Waals surface area contributed by atoms with Crippen LogP contribution in [0.5, 0.6) is 5.75 Å². The van der Waals surface area contributed by atoms with Crippen LogP contribution in [0.25, 0.3) is 6.08 Å². The van der Waals surface area contributed by atoms with Gasteiger partial charge in [0, 0.05) is 0 Å². The van der Waals surface area contributed by atoms with Crippen molar-refractivity contribution in [1.29, 1.82) is 0 Å². The number of furan rings is 1. The molecule has 1 aromatic carbocycles. The fraction of sp³-hybridized carbons (Fsp3) is 0.286. The van der Waals surface area contributed by atoms with Gasteiger partial charge in [0.2, 0.25) is 5.76 Å². The van der Waals surface area contributed by atoms with Gasteiger partial charge in [0.05, 0.1) is 25.2 Å². The Morgan fingerprint density at radius 1 is 1.17 bits per heavy atom. The molecular weight excluding hydrogens is 394 g/mol. The molecule has 1 fully saturated rings. The summed E-state index contributed by atoms with van der Waals surface area (Å²) in [6.07, 6.45) is 1.67. The van der Waals surface area contributed by atoms with Gasteiger partial charge in [-0.15, -0.1) is 0 Å². The van der Waals surface area contributed by atoms with E-state index in [9.17, 15) is 14.4 Å². The van der Waals surface area contributed by atoms with E-state index in [-0.39, 0.29) is 12.3 Å². The summed E-state index contributed by atoms with van der Waals surface area (Å²) in [6, 6.07) is 10.3. The van der Waals surface area contributed by atoms with E-state index >= 15 is 0 Å². The van der Waals surface area contributed by atoms with E-state index in [1.807, 2.05) is 24.3 Å². The normalized spacial score (nSPS) is 15.4. The number of benzene rings is 1. The van der Waals surface area contributed by atoms with Crippen LogP contribution in [0.2, 0.25) is 0 Å². The van der Waals surface area contributed by atoms with Gasteiger partial charge >= 0.3 is 5.97 Å². The van der Waals surface area contributed by atoms with Crippen molar-refractivity contribution >= 4 is 35.0 Å². The first-order valence-electron chi connectivity index (χ1n) is 9.02. The number of carbonyl (C=O) groups excluding carboxylic acids is 3. The maximum atomic E-state index is 12.6. The summed E-state index contributed by atoms with van der Waals surface area (Å²) < 4.78 is 15.6. The summed E-state index contributed by atoms with van der Waals surface area (Å²) in [5.74, 6) is 0.495. The molecule has 8 heteroatoms. The number of methoxy groups -OCH3 is 1. The lowest BCUT2D eigenvalue weighted by molar-refractivity contribution is -0.123. The van der Waals surface area contributed by atoms with E-state index in [1.54, 1.807) is 6.08 Å². The molecule has 1 aliphatic rings. The standard InChI is InChI=1S/C21H21NO6S/c1-13(2)12-27-15-6-4-14(5-7-15)10-18-19(23)22(21(25)29-18)11-16-8-9-17(28-16)20(24)26-3/h4-10,13H,11-12H2,1-3H3/b18-10+. The molecule has 1 aliphatic heterocycles. The number of ether oxygens (including phenoxy) is 2. The predicted octanol–water partition coefficient (Wildman–Crippen LogP) is 4.34. The van der Waals surface area contributed by atoms with Crippen molar-refractivity contribution in [3.63, 3.8) is 0 Å². The highest BCUT2D eigenvalue weighted by Crippen LogP contribution is 2.33. The number of imide groups is 1. The third-order valence-electron chi connectivity index (χ3n) is 4.00. The highest BCUT2D eigenvalue weighted by molar-refractivity contribution is 8.18. The van der Waals surface area contributed by atoms with Gasteiger partial charge in [-0.05, 0) is 53.6 Å². The average molecular weight is 415 g/mol. The molecule has 0 spiro atoms. The number of nitrogens with zero attached hydrogens (tertiary/aromatic N) is 1. The van der Waals surface area contributed by atoms with Crippen molar-refractivity contribution in [2.75, 3.05) is 13.7 Å². The molecule has 29 heavy (non-hydrogen) atoms. The van der Waals surface area contributed by atoms with Gasteiger partial charge in [-0.1, -0.05) is 26.0 Å². The summed E-state index contributed by atoms with van der Waals surface area (Å²) in [5, 5.41) is -0.394. The van der Waals surface area contributed by atoms with Gasteiger partial charge < -0.3 is 13.9 Å². The first-order chi connectivity index (χ1) is 13.9. The Morgan fingerprint density at radius 2 is 1.90 bits per heavy atom. The lowest BCUT2D eigenvalue weighted by Crippen LogP contribution is -2.27. The van der Waals surface area contributed by atoms with E-state index in [0.29, 0.717) is 23.2 Å². The van der Waals surface area contributed by atoms with Gasteiger partial charge in [0.1, 0.15) is 11.5 Å². The average Bonchev–Trinajstić information content (AvgIpc) is 3.27. The number of thioether (sulfide) groups is 1. The van der Waals surface area contributed by atoms with Gasteiger partial charge in [-0.2, -0.15) is 0 Å². The number of esters is 1. The Balaban J connectivity index is 1.68. The zero-order valence-corrected chi connectivity index (χ0v) is 17.2. The number of hydrogen-bond acceptors (Lipinski definition) is 7. The minimum atomic E-state index is -0.619. The molecule has 0 N–H and O–H groups in total. The van der Waals surface area contributed by atoms with Gasteiger partial charge in [-0.25, -0.2) is 4.79 Å². The molecule has 3 rings (SSSR count). The fourth-order valence-corrected chi connectivity index (χ4v) is 3.38. The van der Waals surface area contributed by atoms with Crippen molar-refractivity contribution in [2.45, 2.75) is 20.4 Å². The Kier molecular flexibility index (Phi) is 6.43. The maximum absolute atomic E-state index is 12.6. The molecule has 0 bridgehead atoms. The van der Waals surface area contributed by atoms with Gasteiger partial charge in [-0.3, -0.25) is 14.5 Å². The monoisotopic (exact) mass is 415 g/mol. The van der Waals surface area contributed by atoms with Crippen molar-refractivity contribution in [3.05, 3.63) is 58.4 Å². The topological polar surface area (TPSA) is 86.0 Å². The molecule has 2 amide bonds. The predicted molar refractivity (Wildman–Crippen MR) is 108 cm³/mol. The van der Waals surface area contributed by atoms with Crippen LogP contribution in [-0.4, -0.2) is 35.7 Å². The molecular formula is C21H21NO6S. The Hall–Kier alpha value is -3.00. The molecule has 2 heterocycles. The Bertz CT molecular complexity index is 944. The maximum Gasteiger partial charge on any atom is 0.373 e. The zero-order chi connectivity index (χ0) is 21.0. The van der Waals surface area contributed by atoms with E-state index in [4.69, 9.17) is 9.15 Å². The number of hydrogen-bond donors (Lipinski definition) is 0. The zero-order valence-electron chi connectivity index (χ0n) is 16.3. The quantitative estimate of drug-likeness (QED) is 0.491. The second kappa shape index (κ2) is 9.00. The molecule has 1 saturated heterocycles. The summed E-state index contributed by atoms with van der Waals surface area (Å²) in [5.41, 5.74) is 0.790. The molecule has 1 aromatic heterocycles. The van der Waals surface area contributed by atoms with Crippen molar-refractivity contribution in [3.8, 4) is 5.75 Å². The first kappa shape index (κ1) is 20.7.